The van der Waals surface area contributed by atoms with Crippen molar-refractivity contribution in [1.29, 1.82) is 5.26 Å². The number of nitrogens with zero attached hydrogens (tertiary/aromatic N) is 5. The minimum Gasteiger partial charge on any atom is -0.375 e. The highest BCUT2D eigenvalue weighted by atomic mass is 35.5. The van der Waals surface area contributed by atoms with Gasteiger partial charge in [-0.05, 0) is 81.0 Å². The first-order chi connectivity index (χ1) is 16.6. The van der Waals surface area contributed by atoms with E-state index < -0.39 is 5.41 Å². The number of carbonyl (C=O) groups is 1. The molecule has 3 aliphatic heterocycles. The summed E-state index contributed by atoms with van der Waals surface area (Å²) in [5.74, 6) is 1.58. The van der Waals surface area contributed by atoms with Gasteiger partial charge in [0.15, 0.2) is 0 Å². The molecule has 35 heavy (non-hydrogen) atoms. The van der Waals surface area contributed by atoms with Crippen LogP contribution in [0.3, 0.4) is 0 Å². The van der Waals surface area contributed by atoms with Crippen LogP contribution >= 0.6 is 12.4 Å². The molecule has 1 unspecified atom stereocenters. The first-order valence-electron chi connectivity index (χ1n) is 13.3. The zero-order valence-electron chi connectivity index (χ0n) is 20.8. The maximum Gasteiger partial charge on any atom is 0.243 e. The highest BCUT2D eigenvalue weighted by molar-refractivity contribution is 5.86. The number of hydrogen-bond acceptors (Lipinski definition) is 6. The fourth-order valence-electron chi connectivity index (χ4n) is 5.99. The first-order valence-corrected chi connectivity index (χ1v) is 13.3. The SMILES string of the molecule is Cl.N#CC1(C(=O)N2CCC(CCN3CCOC(C4CC4)C3)CC2)CCN(Cc2ccncc2)CC1. The van der Waals surface area contributed by atoms with E-state index in [0.29, 0.717) is 24.9 Å². The molecule has 1 aromatic heterocycles. The van der Waals surface area contributed by atoms with Crippen molar-refractivity contribution in [2.75, 3.05) is 52.4 Å². The molecule has 1 saturated carbocycles. The molecule has 7 nitrogen and oxygen atoms in total. The van der Waals surface area contributed by atoms with Gasteiger partial charge in [0.2, 0.25) is 5.91 Å². The van der Waals surface area contributed by atoms with Gasteiger partial charge in [0.1, 0.15) is 5.41 Å². The number of morpholine rings is 1. The zero-order valence-corrected chi connectivity index (χ0v) is 21.6. The van der Waals surface area contributed by atoms with E-state index >= 15 is 0 Å². The highest BCUT2D eigenvalue weighted by Crippen LogP contribution is 2.37. The topological polar surface area (TPSA) is 72.7 Å². The van der Waals surface area contributed by atoms with Crippen LogP contribution in [-0.2, 0) is 16.1 Å². The summed E-state index contributed by atoms with van der Waals surface area (Å²) < 4.78 is 5.96. The molecule has 4 aliphatic rings. The number of amides is 1. The van der Waals surface area contributed by atoms with E-state index in [1.807, 2.05) is 29.4 Å². The van der Waals surface area contributed by atoms with Gasteiger partial charge < -0.3 is 9.64 Å². The van der Waals surface area contributed by atoms with Crippen LogP contribution in [0.5, 0.6) is 0 Å². The molecule has 4 fully saturated rings. The Bertz CT molecular complexity index is 858. The quantitative estimate of drug-likeness (QED) is 0.570. The molecule has 4 heterocycles. The molecular weight excluding hydrogens is 462 g/mol. The molecular formula is C27H40ClN5O2. The van der Waals surface area contributed by atoms with Gasteiger partial charge in [-0.1, -0.05) is 0 Å². The number of aromatic nitrogens is 1. The molecule has 3 saturated heterocycles. The molecule has 1 atom stereocenters. The maximum absolute atomic E-state index is 13.4. The lowest BCUT2D eigenvalue weighted by atomic mass is 9.77. The lowest BCUT2D eigenvalue weighted by Crippen LogP contribution is -2.51. The predicted molar refractivity (Wildman–Crippen MR) is 137 cm³/mol. The summed E-state index contributed by atoms with van der Waals surface area (Å²) in [5, 5.41) is 10.0. The predicted octanol–water partition coefficient (Wildman–Crippen LogP) is 3.35. The average molecular weight is 502 g/mol. The van der Waals surface area contributed by atoms with Crippen LogP contribution in [0.15, 0.2) is 24.5 Å². The Hall–Kier alpha value is -1.72. The van der Waals surface area contributed by atoms with Crippen molar-refractivity contribution in [2.24, 2.45) is 17.3 Å². The van der Waals surface area contributed by atoms with E-state index in [1.165, 1.54) is 24.8 Å². The van der Waals surface area contributed by atoms with Gasteiger partial charge in [0.05, 0.1) is 18.8 Å². The van der Waals surface area contributed by atoms with Crippen LogP contribution in [0.2, 0.25) is 0 Å². The minimum absolute atomic E-state index is 0. The summed E-state index contributed by atoms with van der Waals surface area (Å²) in [4.78, 5) is 24.5. The molecule has 8 heteroatoms. The summed E-state index contributed by atoms with van der Waals surface area (Å²) in [6, 6.07) is 6.52. The molecule has 0 spiro atoms. The number of rotatable bonds is 7. The van der Waals surface area contributed by atoms with Gasteiger partial charge in [0, 0.05) is 58.2 Å². The number of carbonyl (C=O) groups excluding carboxylic acids is 1. The molecule has 0 bridgehead atoms. The number of nitriles is 1. The van der Waals surface area contributed by atoms with Gasteiger partial charge in [-0.15, -0.1) is 12.4 Å². The second-order valence-corrected chi connectivity index (χ2v) is 10.9. The molecule has 1 amide bonds. The van der Waals surface area contributed by atoms with Crippen molar-refractivity contribution in [1.82, 2.24) is 19.7 Å². The van der Waals surface area contributed by atoms with Gasteiger partial charge in [-0.2, -0.15) is 5.26 Å². The van der Waals surface area contributed by atoms with Crippen LogP contribution in [0.4, 0.5) is 0 Å². The third kappa shape index (κ3) is 6.54. The maximum atomic E-state index is 13.4. The Balaban J connectivity index is 0.00000289. The van der Waals surface area contributed by atoms with Crippen molar-refractivity contribution in [2.45, 2.75) is 57.6 Å². The van der Waals surface area contributed by atoms with Crippen LogP contribution in [0, 0.1) is 28.6 Å². The number of hydrogen-bond donors (Lipinski definition) is 0. The standard InChI is InChI=1S/C27H39N5O2.ClH/c28-21-27(8-15-31(16-9-27)19-23-3-10-29-11-4-23)26(33)32-13-6-22(7-14-32)5-12-30-17-18-34-25(20-30)24-1-2-24;/h3-4,10-11,22,24-25H,1-2,5-9,12-20H2;1H. The number of halogens is 1. The third-order valence-corrected chi connectivity index (χ3v) is 8.57. The van der Waals surface area contributed by atoms with Crippen molar-refractivity contribution in [3.63, 3.8) is 0 Å². The Labute approximate surface area is 216 Å². The molecule has 192 valence electrons. The van der Waals surface area contributed by atoms with Crippen molar-refractivity contribution >= 4 is 18.3 Å². The van der Waals surface area contributed by atoms with E-state index in [1.54, 1.807) is 0 Å². The van der Waals surface area contributed by atoms with Crippen LogP contribution < -0.4 is 0 Å². The molecule has 1 aliphatic carbocycles. The smallest absolute Gasteiger partial charge is 0.243 e. The number of piperidine rings is 2. The van der Waals surface area contributed by atoms with E-state index in [4.69, 9.17) is 4.74 Å². The second kappa shape index (κ2) is 12.0. The molecule has 1 aromatic rings. The monoisotopic (exact) mass is 501 g/mol. The summed E-state index contributed by atoms with van der Waals surface area (Å²) >= 11 is 0. The lowest BCUT2D eigenvalue weighted by Gasteiger charge is -2.41. The van der Waals surface area contributed by atoms with Crippen LogP contribution in [-0.4, -0.2) is 84.1 Å². The fraction of sp³-hybridized carbons (Fsp3) is 0.741. The summed E-state index contributed by atoms with van der Waals surface area (Å²) in [6.45, 7) is 8.25. The Morgan fingerprint density at radius 1 is 1.06 bits per heavy atom. The van der Waals surface area contributed by atoms with Crippen LogP contribution in [0.1, 0.15) is 50.5 Å². The highest BCUT2D eigenvalue weighted by Gasteiger charge is 2.44. The summed E-state index contributed by atoms with van der Waals surface area (Å²) in [5.41, 5.74) is 0.390. The van der Waals surface area contributed by atoms with Gasteiger partial charge in [0.25, 0.3) is 0 Å². The van der Waals surface area contributed by atoms with Crippen molar-refractivity contribution in [3.05, 3.63) is 30.1 Å². The van der Waals surface area contributed by atoms with Crippen LogP contribution in [0.25, 0.3) is 0 Å². The molecule has 0 radical (unpaired) electrons. The molecule has 0 aromatic carbocycles. The Morgan fingerprint density at radius 3 is 2.43 bits per heavy atom. The van der Waals surface area contributed by atoms with Crippen molar-refractivity contribution in [3.8, 4) is 6.07 Å². The number of pyridine rings is 1. The lowest BCUT2D eigenvalue weighted by molar-refractivity contribution is -0.143. The molecule has 0 N–H and O–H groups in total. The average Bonchev–Trinajstić information content (AvgIpc) is 3.75. The number of ether oxygens (including phenoxy) is 1. The van der Waals surface area contributed by atoms with Gasteiger partial charge >= 0.3 is 0 Å². The Kier molecular flexibility index (Phi) is 9.04. The Morgan fingerprint density at radius 2 is 1.77 bits per heavy atom. The second-order valence-electron chi connectivity index (χ2n) is 10.9. The van der Waals surface area contributed by atoms with E-state index in [-0.39, 0.29) is 18.3 Å². The minimum atomic E-state index is -0.840. The fourth-order valence-corrected chi connectivity index (χ4v) is 5.99. The van der Waals surface area contributed by atoms with Gasteiger partial charge in [-0.25, -0.2) is 0 Å². The number of likely N-dealkylation sites (tertiary alicyclic amines) is 2. The van der Waals surface area contributed by atoms with Gasteiger partial charge in [-0.3, -0.25) is 19.6 Å². The van der Waals surface area contributed by atoms with E-state index in [2.05, 4.69) is 20.9 Å². The van der Waals surface area contributed by atoms with E-state index in [9.17, 15) is 10.1 Å². The normalized spacial score (nSPS) is 26.0. The summed E-state index contributed by atoms with van der Waals surface area (Å²) in [6.07, 6.45) is 11.4. The molecule has 5 rings (SSSR count). The first kappa shape index (κ1) is 26.3. The summed E-state index contributed by atoms with van der Waals surface area (Å²) in [7, 11) is 0. The van der Waals surface area contributed by atoms with Crippen molar-refractivity contribution < 1.29 is 9.53 Å². The zero-order chi connectivity index (χ0) is 23.4. The van der Waals surface area contributed by atoms with E-state index in [0.717, 1.165) is 77.7 Å². The largest absolute Gasteiger partial charge is 0.375 e. The third-order valence-electron chi connectivity index (χ3n) is 8.57.